The molecule has 0 aliphatic carbocycles. The van der Waals surface area contributed by atoms with Gasteiger partial charge in [-0.3, -0.25) is 4.79 Å². The van der Waals surface area contributed by atoms with Crippen LogP contribution in [0.4, 0.5) is 0 Å². The molecule has 1 unspecified atom stereocenters. The number of hydrogen-bond donors (Lipinski definition) is 0. The Labute approximate surface area is 145 Å². The highest BCUT2D eigenvalue weighted by molar-refractivity contribution is 7.91. The lowest BCUT2D eigenvalue weighted by Gasteiger charge is -2.30. The van der Waals surface area contributed by atoms with Crippen LogP contribution in [-0.2, 0) is 10.0 Å². The molecule has 0 saturated carbocycles. The van der Waals surface area contributed by atoms with Crippen LogP contribution in [-0.4, -0.2) is 38.7 Å². The van der Waals surface area contributed by atoms with E-state index in [4.69, 9.17) is 4.74 Å². The molecular formula is C17H19NO4S2. The average molecular weight is 365 g/mol. The fraction of sp³-hybridized carbons (Fsp3) is 0.353. The number of Topliss-reactive ketones (excluding diaryl/α,β-unsaturated/α-hetero) is 1. The lowest BCUT2D eigenvalue weighted by Crippen LogP contribution is -2.42. The summed E-state index contributed by atoms with van der Waals surface area (Å²) in [5, 5.41) is 1.75. The number of hydrogen-bond acceptors (Lipinski definition) is 5. The van der Waals surface area contributed by atoms with Crippen LogP contribution in [0.2, 0.25) is 0 Å². The van der Waals surface area contributed by atoms with Crippen molar-refractivity contribution in [2.75, 3.05) is 20.2 Å². The summed E-state index contributed by atoms with van der Waals surface area (Å²) in [6, 6.07) is 10.3. The average Bonchev–Trinajstić information content (AvgIpc) is 3.17. The molecule has 2 heterocycles. The lowest BCUT2D eigenvalue weighted by atomic mass is 9.91. The Morgan fingerprint density at radius 3 is 2.62 bits per heavy atom. The molecule has 0 spiro atoms. The predicted octanol–water partition coefficient (Wildman–Crippen LogP) is 3.04. The zero-order valence-electron chi connectivity index (χ0n) is 13.3. The minimum atomic E-state index is -3.50. The van der Waals surface area contributed by atoms with Gasteiger partial charge in [0.25, 0.3) is 10.0 Å². The topological polar surface area (TPSA) is 63.7 Å². The molecule has 1 saturated heterocycles. The summed E-state index contributed by atoms with van der Waals surface area (Å²) in [6.45, 7) is 0.706. The van der Waals surface area contributed by atoms with Crippen LogP contribution in [0.3, 0.4) is 0 Å². The van der Waals surface area contributed by atoms with Crippen molar-refractivity contribution in [3.8, 4) is 5.75 Å². The van der Waals surface area contributed by atoms with Gasteiger partial charge < -0.3 is 4.74 Å². The van der Waals surface area contributed by atoms with Crippen LogP contribution in [0.1, 0.15) is 23.2 Å². The number of piperidine rings is 1. The first-order valence-electron chi connectivity index (χ1n) is 7.74. The Morgan fingerprint density at radius 1 is 1.25 bits per heavy atom. The summed E-state index contributed by atoms with van der Waals surface area (Å²) in [6.07, 6.45) is 1.40. The van der Waals surface area contributed by atoms with E-state index in [1.165, 1.54) is 15.6 Å². The summed E-state index contributed by atoms with van der Waals surface area (Å²) in [4.78, 5) is 12.7. The van der Waals surface area contributed by atoms with Crippen LogP contribution in [0.15, 0.2) is 46.0 Å². The Balaban J connectivity index is 1.76. The van der Waals surface area contributed by atoms with E-state index < -0.39 is 10.0 Å². The first kappa shape index (κ1) is 17.1. The van der Waals surface area contributed by atoms with Crippen LogP contribution in [0, 0.1) is 5.92 Å². The van der Waals surface area contributed by atoms with Crippen molar-refractivity contribution in [1.82, 2.24) is 4.31 Å². The molecule has 2 aromatic rings. The molecule has 1 aliphatic heterocycles. The Hall–Kier alpha value is -1.70. The number of sulfonamides is 1. The highest BCUT2D eigenvalue weighted by atomic mass is 32.2. The molecule has 5 nitrogen and oxygen atoms in total. The van der Waals surface area contributed by atoms with E-state index in [1.807, 2.05) is 0 Å². The van der Waals surface area contributed by atoms with Crippen molar-refractivity contribution in [1.29, 1.82) is 0 Å². The normalized spacial score (nSPS) is 19.1. The van der Waals surface area contributed by atoms with E-state index in [9.17, 15) is 13.2 Å². The molecule has 3 rings (SSSR count). The molecule has 0 amide bonds. The Kier molecular flexibility index (Phi) is 5.03. The number of ketones is 1. The minimum absolute atomic E-state index is 0.0104. The van der Waals surface area contributed by atoms with E-state index >= 15 is 0 Å². The maximum Gasteiger partial charge on any atom is 0.252 e. The Morgan fingerprint density at radius 2 is 2.00 bits per heavy atom. The lowest BCUT2D eigenvalue weighted by molar-refractivity contribution is 0.0872. The molecule has 1 aromatic heterocycles. The van der Waals surface area contributed by atoms with Crippen molar-refractivity contribution in [2.24, 2.45) is 5.92 Å². The quantitative estimate of drug-likeness (QED) is 0.764. The molecule has 1 atom stereocenters. The van der Waals surface area contributed by atoms with Crippen LogP contribution < -0.4 is 4.74 Å². The third-order valence-corrected chi connectivity index (χ3v) is 7.46. The molecule has 7 heteroatoms. The van der Waals surface area contributed by atoms with E-state index in [0.717, 1.165) is 0 Å². The number of thiophene rings is 1. The second-order valence-corrected chi connectivity index (χ2v) is 8.84. The van der Waals surface area contributed by atoms with Crippen LogP contribution in [0.5, 0.6) is 5.75 Å². The van der Waals surface area contributed by atoms with Crippen LogP contribution >= 0.6 is 11.3 Å². The molecule has 0 N–H and O–H groups in total. The van der Waals surface area contributed by atoms with Gasteiger partial charge in [0.05, 0.1) is 7.11 Å². The van der Waals surface area contributed by atoms with Gasteiger partial charge in [-0.15, -0.1) is 11.3 Å². The van der Waals surface area contributed by atoms with Gasteiger partial charge >= 0.3 is 0 Å². The van der Waals surface area contributed by atoms with Crippen molar-refractivity contribution in [3.63, 3.8) is 0 Å². The van der Waals surface area contributed by atoms with Crippen molar-refractivity contribution in [2.45, 2.75) is 17.1 Å². The summed E-state index contributed by atoms with van der Waals surface area (Å²) < 4.78 is 32.2. The highest BCUT2D eigenvalue weighted by Gasteiger charge is 2.34. The van der Waals surface area contributed by atoms with E-state index in [-0.39, 0.29) is 18.2 Å². The molecule has 1 aromatic carbocycles. The number of carbonyl (C=O) groups excluding carboxylic acids is 1. The second-order valence-electron chi connectivity index (χ2n) is 5.73. The van der Waals surface area contributed by atoms with E-state index in [0.29, 0.717) is 34.9 Å². The van der Waals surface area contributed by atoms with Gasteiger partial charge in [0.1, 0.15) is 9.96 Å². The molecule has 1 aliphatic rings. The SMILES string of the molecule is COc1ccc(C(=O)C2CCCN(S(=O)(=O)c3cccs3)C2)cc1. The van der Waals surface area contributed by atoms with Crippen LogP contribution in [0.25, 0.3) is 0 Å². The standard InChI is InChI=1S/C17H19NO4S2/c1-22-15-8-6-13(7-9-15)17(19)14-4-2-10-18(12-14)24(20,21)16-5-3-11-23-16/h3,5-9,11,14H,2,4,10,12H2,1H3. The smallest absolute Gasteiger partial charge is 0.252 e. The van der Waals surface area contributed by atoms with Crippen molar-refractivity contribution < 1.29 is 17.9 Å². The molecule has 0 radical (unpaired) electrons. The summed E-state index contributed by atoms with van der Waals surface area (Å²) in [7, 11) is -1.92. The molecule has 24 heavy (non-hydrogen) atoms. The molecular weight excluding hydrogens is 346 g/mol. The zero-order chi connectivity index (χ0) is 17.2. The molecule has 0 bridgehead atoms. The molecule has 128 valence electrons. The van der Waals surface area contributed by atoms with Gasteiger partial charge in [-0.25, -0.2) is 8.42 Å². The van der Waals surface area contributed by atoms with E-state index in [1.54, 1.807) is 48.9 Å². The summed E-state index contributed by atoms with van der Waals surface area (Å²) in [5.74, 6) is 0.378. The fourth-order valence-corrected chi connectivity index (χ4v) is 5.57. The largest absolute Gasteiger partial charge is 0.497 e. The van der Waals surface area contributed by atoms with Gasteiger partial charge in [-0.1, -0.05) is 6.07 Å². The van der Waals surface area contributed by atoms with Gasteiger partial charge in [-0.05, 0) is 48.6 Å². The second kappa shape index (κ2) is 7.04. The third kappa shape index (κ3) is 3.38. The van der Waals surface area contributed by atoms with E-state index in [2.05, 4.69) is 0 Å². The van der Waals surface area contributed by atoms with Gasteiger partial charge in [0.15, 0.2) is 5.78 Å². The van der Waals surface area contributed by atoms with Gasteiger partial charge in [-0.2, -0.15) is 4.31 Å². The highest BCUT2D eigenvalue weighted by Crippen LogP contribution is 2.28. The fourth-order valence-electron chi connectivity index (χ4n) is 2.90. The number of nitrogens with zero attached hydrogens (tertiary/aromatic N) is 1. The number of ether oxygens (including phenoxy) is 1. The third-order valence-electron chi connectivity index (χ3n) is 4.22. The van der Waals surface area contributed by atoms with Crippen molar-refractivity contribution >= 4 is 27.1 Å². The number of carbonyl (C=O) groups is 1. The summed E-state index contributed by atoms with van der Waals surface area (Å²) in [5.41, 5.74) is 0.594. The first-order chi connectivity index (χ1) is 11.5. The predicted molar refractivity (Wildman–Crippen MR) is 93.1 cm³/mol. The summed E-state index contributed by atoms with van der Waals surface area (Å²) >= 11 is 1.21. The molecule has 1 fully saturated rings. The number of benzene rings is 1. The van der Waals surface area contributed by atoms with Gasteiger partial charge in [0, 0.05) is 24.6 Å². The minimum Gasteiger partial charge on any atom is -0.497 e. The number of rotatable bonds is 5. The monoisotopic (exact) mass is 365 g/mol. The Bertz CT molecular complexity index is 798. The number of methoxy groups -OCH3 is 1. The van der Waals surface area contributed by atoms with Crippen molar-refractivity contribution in [3.05, 3.63) is 47.3 Å². The van der Waals surface area contributed by atoms with Gasteiger partial charge in [0.2, 0.25) is 0 Å². The first-order valence-corrected chi connectivity index (χ1v) is 10.1. The maximum atomic E-state index is 12.7. The maximum absolute atomic E-state index is 12.7. The zero-order valence-corrected chi connectivity index (χ0v) is 15.0.